The molecule has 5 rings (SSSR count). The van der Waals surface area contributed by atoms with E-state index >= 15 is 0 Å². The molecule has 0 amide bonds. The zero-order valence-corrected chi connectivity index (χ0v) is 18.2. The number of hydrogen-bond acceptors (Lipinski definition) is 5. The number of pyridine rings is 1. The van der Waals surface area contributed by atoms with Crippen LogP contribution in [0.2, 0.25) is 10.3 Å². The minimum absolute atomic E-state index is 0.161. The van der Waals surface area contributed by atoms with Crippen molar-refractivity contribution in [3.05, 3.63) is 52.1 Å². The summed E-state index contributed by atoms with van der Waals surface area (Å²) >= 11 is 12.0. The van der Waals surface area contributed by atoms with Crippen LogP contribution in [0.15, 0.2) is 30.5 Å². The predicted octanol–water partition coefficient (Wildman–Crippen LogP) is 5.56. The number of nitrogens with zero attached hydrogens (tertiary/aromatic N) is 4. The smallest absolute Gasteiger partial charge is 0.226 e. The largest absolute Gasteiger partial charge is 0.383 e. The molecule has 0 saturated heterocycles. The molecule has 2 unspecified atom stereocenters. The average Bonchev–Trinajstić information content (AvgIpc) is 3.35. The van der Waals surface area contributed by atoms with E-state index in [1.165, 1.54) is 6.07 Å². The van der Waals surface area contributed by atoms with Gasteiger partial charge in [0.05, 0.1) is 15.9 Å². The molecule has 2 atom stereocenters. The fourth-order valence-electron chi connectivity index (χ4n) is 4.68. The number of rotatable bonds is 4. The normalized spacial score (nSPS) is 18.9. The van der Waals surface area contributed by atoms with E-state index < -0.39 is 0 Å². The van der Waals surface area contributed by atoms with Crippen molar-refractivity contribution < 1.29 is 4.39 Å². The standard InChI is InChI=1S/C22H21Cl2FN6/c23-16-10-15-17(25)8-12(9-18(15)28-20(16)27)2-1-11-3-4-13(7-11)31-6-5-14-19(26)29-22(24)30-21(14)31/h5-6,8-11,13H,1-4,7H2,(H2,27,28)(H2,26,29,30). The lowest BCUT2D eigenvalue weighted by molar-refractivity contribution is 0.461. The summed E-state index contributed by atoms with van der Waals surface area (Å²) in [7, 11) is 0. The molecule has 9 heteroatoms. The summed E-state index contributed by atoms with van der Waals surface area (Å²) in [5.41, 5.74) is 14.0. The van der Waals surface area contributed by atoms with E-state index in [1.54, 1.807) is 6.07 Å². The van der Waals surface area contributed by atoms with Gasteiger partial charge >= 0.3 is 0 Å². The van der Waals surface area contributed by atoms with Crippen molar-refractivity contribution in [2.75, 3.05) is 11.5 Å². The number of nitrogen functional groups attached to an aromatic ring is 2. The number of hydrogen-bond donors (Lipinski definition) is 2. The molecule has 3 aromatic heterocycles. The van der Waals surface area contributed by atoms with Crippen molar-refractivity contribution in [2.45, 2.75) is 38.1 Å². The van der Waals surface area contributed by atoms with Crippen LogP contribution in [0.5, 0.6) is 0 Å². The first-order chi connectivity index (χ1) is 14.9. The Morgan fingerprint density at radius 3 is 2.71 bits per heavy atom. The van der Waals surface area contributed by atoms with Gasteiger partial charge in [0, 0.05) is 17.6 Å². The Balaban J connectivity index is 1.30. The summed E-state index contributed by atoms with van der Waals surface area (Å²) in [5, 5.41) is 1.64. The third-order valence-electron chi connectivity index (χ3n) is 6.25. The first-order valence-corrected chi connectivity index (χ1v) is 11.0. The zero-order valence-electron chi connectivity index (χ0n) is 16.7. The minimum Gasteiger partial charge on any atom is -0.383 e. The van der Waals surface area contributed by atoms with Crippen LogP contribution in [0.4, 0.5) is 16.0 Å². The van der Waals surface area contributed by atoms with Crippen LogP contribution >= 0.6 is 23.2 Å². The highest BCUT2D eigenvalue weighted by Crippen LogP contribution is 2.39. The van der Waals surface area contributed by atoms with Gasteiger partial charge in [0.15, 0.2) is 0 Å². The van der Waals surface area contributed by atoms with E-state index in [1.807, 2.05) is 18.3 Å². The Morgan fingerprint density at radius 1 is 1.03 bits per heavy atom. The molecule has 0 aliphatic heterocycles. The number of aryl methyl sites for hydroxylation is 1. The van der Waals surface area contributed by atoms with Gasteiger partial charge < -0.3 is 16.0 Å². The zero-order chi connectivity index (χ0) is 21.7. The average molecular weight is 459 g/mol. The quantitative estimate of drug-likeness (QED) is 0.390. The van der Waals surface area contributed by atoms with Gasteiger partial charge in [0.2, 0.25) is 5.28 Å². The molecule has 3 heterocycles. The molecule has 160 valence electrons. The van der Waals surface area contributed by atoms with Crippen LogP contribution < -0.4 is 11.5 Å². The van der Waals surface area contributed by atoms with Crippen LogP contribution in [0.25, 0.3) is 21.9 Å². The Kier molecular flexibility index (Phi) is 5.10. The molecular weight excluding hydrogens is 438 g/mol. The Hall–Kier alpha value is -2.64. The van der Waals surface area contributed by atoms with Crippen molar-refractivity contribution in [1.82, 2.24) is 19.5 Å². The van der Waals surface area contributed by atoms with Crippen LogP contribution in [0, 0.1) is 11.7 Å². The second-order valence-corrected chi connectivity index (χ2v) is 8.95. The number of anilines is 2. The molecule has 1 aliphatic rings. The third-order valence-corrected chi connectivity index (χ3v) is 6.72. The lowest BCUT2D eigenvalue weighted by atomic mass is 9.97. The number of aromatic nitrogens is 4. The second-order valence-electron chi connectivity index (χ2n) is 8.21. The van der Waals surface area contributed by atoms with Crippen LogP contribution in [0.1, 0.15) is 37.3 Å². The lowest BCUT2D eigenvalue weighted by Gasteiger charge is -2.15. The Morgan fingerprint density at radius 2 is 1.87 bits per heavy atom. The van der Waals surface area contributed by atoms with E-state index in [2.05, 4.69) is 19.5 Å². The van der Waals surface area contributed by atoms with E-state index in [-0.39, 0.29) is 21.9 Å². The molecule has 1 fully saturated rings. The predicted molar refractivity (Wildman–Crippen MR) is 123 cm³/mol. The maximum atomic E-state index is 14.5. The number of nitrogens with two attached hydrogens (primary N) is 2. The molecule has 1 aliphatic carbocycles. The lowest BCUT2D eigenvalue weighted by Crippen LogP contribution is -2.06. The van der Waals surface area contributed by atoms with Crippen molar-refractivity contribution in [3.63, 3.8) is 0 Å². The highest BCUT2D eigenvalue weighted by atomic mass is 35.5. The van der Waals surface area contributed by atoms with Crippen LogP contribution in [-0.4, -0.2) is 19.5 Å². The topological polar surface area (TPSA) is 95.6 Å². The summed E-state index contributed by atoms with van der Waals surface area (Å²) in [6.07, 6.45) is 6.96. The van der Waals surface area contributed by atoms with Crippen molar-refractivity contribution in [3.8, 4) is 0 Å². The monoisotopic (exact) mass is 458 g/mol. The van der Waals surface area contributed by atoms with Crippen molar-refractivity contribution in [2.24, 2.45) is 5.92 Å². The number of halogens is 3. The summed E-state index contributed by atoms with van der Waals surface area (Å²) in [5.74, 6) is 0.836. The molecule has 0 bridgehead atoms. The summed E-state index contributed by atoms with van der Waals surface area (Å²) in [4.78, 5) is 12.6. The molecule has 0 spiro atoms. The highest BCUT2D eigenvalue weighted by Gasteiger charge is 2.27. The van der Waals surface area contributed by atoms with Gasteiger partial charge in [-0.25, -0.2) is 14.4 Å². The summed E-state index contributed by atoms with van der Waals surface area (Å²) < 4.78 is 16.7. The van der Waals surface area contributed by atoms with Crippen molar-refractivity contribution in [1.29, 1.82) is 0 Å². The molecule has 1 saturated carbocycles. The van der Waals surface area contributed by atoms with E-state index in [9.17, 15) is 4.39 Å². The molecule has 0 radical (unpaired) electrons. The fourth-order valence-corrected chi connectivity index (χ4v) is 5.00. The third kappa shape index (κ3) is 3.77. The van der Waals surface area contributed by atoms with Gasteiger partial charge in [-0.1, -0.05) is 11.6 Å². The summed E-state index contributed by atoms with van der Waals surface area (Å²) in [6, 6.07) is 7.29. The fraction of sp³-hybridized carbons (Fsp3) is 0.318. The highest BCUT2D eigenvalue weighted by molar-refractivity contribution is 6.33. The van der Waals surface area contributed by atoms with Gasteiger partial charge in [-0.15, -0.1) is 0 Å². The van der Waals surface area contributed by atoms with E-state index in [4.69, 9.17) is 34.7 Å². The van der Waals surface area contributed by atoms with Crippen molar-refractivity contribution >= 4 is 56.8 Å². The molecule has 4 N–H and O–H groups in total. The molecule has 6 nitrogen and oxygen atoms in total. The maximum Gasteiger partial charge on any atom is 0.226 e. The first-order valence-electron chi connectivity index (χ1n) is 10.2. The first kappa shape index (κ1) is 20.3. The summed E-state index contributed by atoms with van der Waals surface area (Å²) in [6.45, 7) is 0. The van der Waals surface area contributed by atoms with Crippen LogP contribution in [0.3, 0.4) is 0 Å². The SMILES string of the molecule is Nc1nc2cc(CCC3CCC(n4ccc5c(N)nc(Cl)nc54)C3)cc(F)c2cc1Cl. The van der Waals surface area contributed by atoms with E-state index in [0.717, 1.165) is 48.7 Å². The minimum atomic E-state index is -0.320. The van der Waals surface area contributed by atoms with Gasteiger partial charge in [0.1, 0.15) is 23.1 Å². The molecule has 4 aromatic rings. The molecule has 1 aromatic carbocycles. The van der Waals surface area contributed by atoms with Gasteiger partial charge in [0.25, 0.3) is 0 Å². The van der Waals surface area contributed by atoms with E-state index in [0.29, 0.717) is 28.7 Å². The Labute approximate surface area is 188 Å². The van der Waals surface area contributed by atoms with Crippen LogP contribution in [-0.2, 0) is 6.42 Å². The number of benzene rings is 1. The van der Waals surface area contributed by atoms with Gasteiger partial charge in [-0.2, -0.15) is 4.98 Å². The number of fused-ring (bicyclic) bond motifs is 2. The van der Waals surface area contributed by atoms with Gasteiger partial charge in [-0.05, 0) is 79.5 Å². The maximum absolute atomic E-state index is 14.5. The second kappa shape index (κ2) is 7.80. The van der Waals surface area contributed by atoms with Gasteiger partial charge in [-0.3, -0.25) is 0 Å². The Bertz CT molecular complexity index is 1300. The molecular formula is C22H21Cl2FN6. The molecule has 31 heavy (non-hydrogen) atoms.